The quantitative estimate of drug-likeness (QED) is 0.803. The Bertz CT molecular complexity index is 743. The van der Waals surface area contributed by atoms with Gasteiger partial charge >= 0.3 is 6.09 Å². The van der Waals surface area contributed by atoms with Crippen LogP contribution in [0.5, 0.6) is 0 Å². The number of likely N-dealkylation sites (tertiary alicyclic amines) is 1. The molecule has 142 valence electrons. The Labute approximate surface area is 152 Å². The topological polar surface area (TPSA) is 46.6 Å². The Hall–Kier alpha value is -1.98. The van der Waals surface area contributed by atoms with Crippen molar-refractivity contribution in [2.45, 2.75) is 64.0 Å². The van der Waals surface area contributed by atoms with E-state index >= 15 is 0 Å². The number of carbonyl (C=O) groups excluding carboxylic acids is 2. The summed E-state index contributed by atoms with van der Waals surface area (Å²) in [6, 6.07) is 3.09. The van der Waals surface area contributed by atoms with Crippen LogP contribution >= 0.6 is 0 Å². The molecule has 6 heteroatoms. The van der Waals surface area contributed by atoms with Gasteiger partial charge in [0.1, 0.15) is 23.0 Å². The van der Waals surface area contributed by atoms with Crippen molar-refractivity contribution in [1.29, 1.82) is 0 Å². The predicted molar refractivity (Wildman–Crippen MR) is 92.8 cm³/mol. The summed E-state index contributed by atoms with van der Waals surface area (Å²) in [7, 11) is 0. The standard InChI is InChI=1S/C20H25F2NO3/c1-5-13(24)9-17-15-10-20(15,14-8-12(21)6-7-16(14)22)11-23(17)18(25)26-19(2,3)4/h6-8,15,17H,5,9-11H2,1-4H3/t15-,17?,20+/m0/s1. The van der Waals surface area contributed by atoms with Gasteiger partial charge < -0.3 is 9.64 Å². The lowest BCUT2D eigenvalue weighted by molar-refractivity contribution is -0.119. The molecule has 1 aliphatic heterocycles. The van der Waals surface area contributed by atoms with E-state index in [2.05, 4.69) is 0 Å². The van der Waals surface area contributed by atoms with Gasteiger partial charge in [-0.15, -0.1) is 0 Å². The van der Waals surface area contributed by atoms with Crippen molar-refractivity contribution in [3.63, 3.8) is 0 Å². The zero-order valence-electron chi connectivity index (χ0n) is 15.6. The van der Waals surface area contributed by atoms with E-state index in [4.69, 9.17) is 4.74 Å². The third kappa shape index (κ3) is 3.33. The van der Waals surface area contributed by atoms with Gasteiger partial charge in [0.15, 0.2) is 0 Å². The molecule has 1 aromatic rings. The van der Waals surface area contributed by atoms with Gasteiger partial charge in [0, 0.05) is 30.8 Å². The summed E-state index contributed by atoms with van der Waals surface area (Å²) in [6.07, 6.45) is 0.745. The number of rotatable bonds is 4. The minimum Gasteiger partial charge on any atom is -0.444 e. The summed E-state index contributed by atoms with van der Waals surface area (Å²) in [4.78, 5) is 26.2. The number of amides is 1. The summed E-state index contributed by atoms with van der Waals surface area (Å²) in [6.45, 7) is 7.35. The molecule has 0 radical (unpaired) electrons. The fourth-order valence-corrected chi connectivity index (χ4v) is 4.08. The number of hydrogen-bond acceptors (Lipinski definition) is 3. The fourth-order valence-electron chi connectivity index (χ4n) is 4.08. The SMILES string of the molecule is CCC(=O)CC1[C@@H]2C[C@]2(c2cc(F)ccc2F)CN1C(=O)OC(C)(C)C. The highest BCUT2D eigenvalue weighted by molar-refractivity contribution is 5.80. The summed E-state index contributed by atoms with van der Waals surface area (Å²) in [5, 5.41) is 0. The molecule has 1 unspecified atom stereocenters. The Morgan fingerprint density at radius 1 is 1.31 bits per heavy atom. The van der Waals surface area contributed by atoms with Crippen molar-refractivity contribution >= 4 is 11.9 Å². The summed E-state index contributed by atoms with van der Waals surface area (Å²) in [5.41, 5.74) is -0.995. The molecule has 3 rings (SSSR count). The Morgan fingerprint density at radius 3 is 2.62 bits per heavy atom. The van der Waals surface area contributed by atoms with Crippen LogP contribution in [0, 0.1) is 17.6 Å². The van der Waals surface area contributed by atoms with E-state index in [1.54, 1.807) is 27.7 Å². The second-order valence-corrected chi connectivity index (χ2v) is 8.36. The number of Topliss-reactive ketones (excluding diaryl/α,β-unsaturated/α-hetero) is 1. The molecule has 0 bridgehead atoms. The van der Waals surface area contributed by atoms with Crippen LogP contribution in [0.1, 0.15) is 52.5 Å². The number of piperidine rings is 1. The Kier molecular flexibility index (Phi) is 4.57. The molecule has 0 spiro atoms. The molecule has 1 saturated carbocycles. The minimum atomic E-state index is -0.666. The van der Waals surface area contributed by atoms with Gasteiger partial charge in [-0.05, 0) is 56.9 Å². The number of halogens is 2. The lowest BCUT2D eigenvalue weighted by Gasteiger charge is -2.30. The van der Waals surface area contributed by atoms with Crippen LogP contribution in [0.25, 0.3) is 0 Å². The average molecular weight is 365 g/mol. The molecule has 0 aromatic heterocycles. The largest absolute Gasteiger partial charge is 0.444 e. The number of hydrogen-bond donors (Lipinski definition) is 0. The van der Waals surface area contributed by atoms with Crippen LogP contribution in [-0.2, 0) is 14.9 Å². The summed E-state index contributed by atoms with van der Waals surface area (Å²) < 4.78 is 33.6. The van der Waals surface area contributed by atoms with Crippen molar-refractivity contribution in [3.8, 4) is 0 Å². The lowest BCUT2D eigenvalue weighted by Crippen LogP contribution is -2.43. The maximum atomic E-state index is 14.4. The summed E-state index contributed by atoms with van der Waals surface area (Å²) >= 11 is 0. The van der Waals surface area contributed by atoms with Crippen LogP contribution in [0.4, 0.5) is 13.6 Å². The highest BCUT2D eigenvalue weighted by Crippen LogP contribution is 2.63. The first-order chi connectivity index (χ1) is 12.1. The van der Waals surface area contributed by atoms with Crippen LogP contribution < -0.4 is 0 Å². The molecule has 1 heterocycles. The van der Waals surface area contributed by atoms with E-state index in [1.807, 2.05) is 0 Å². The van der Waals surface area contributed by atoms with E-state index in [1.165, 1.54) is 11.0 Å². The molecule has 0 N–H and O–H groups in total. The number of ketones is 1. The van der Waals surface area contributed by atoms with Crippen molar-refractivity contribution in [2.24, 2.45) is 5.92 Å². The molecular weight excluding hydrogens is 340 g/mol. The van der Waals surface area contributed by atoms with Crippen molar-refractivity contribution in [2.75, 3.05) is 6.54 Å². The minimum absolute atomic E-state index is 0.0472. The molecule has 2 aliphatic rings. The van der Waals surface area contributed by atoms with E-state index in [9.17, 15) is 18.4 Å². The molecule has 3 atom stereocenters. The highest BCUT2D eigenvalue weighted by Gasteiger charge is 2.67. The van der Waals surface area contributed by atoms with E-state index in [0.717, 1.165) is 12.1 Å². The average Bonchev–Trinajstić information content (AvgIpc) is 3.18. The molecule has 1 aliphatic carbocycles. The van der Waals surface area contributed by atoms with Crippen molar-refractivity contribution in [1.82, 2.24) is 4.90 Å². The van der Waals surface area contributed by atoms with Gasteiger partial charge in [-0.25, -0.2) is 13.6 Å². The van der Waals surface area contributed by atoms with Gasteiger partial charge in [-0.3, -0.25) is 4.79 Å². The number of benzene rings is 1. The van der Waals surface area contributed by atoms with Crippen molar-refractivity contribution in [3.05, 3.63) is 35.4 Å². The molecular formula is C20H25F2NO3. The molecule has 1 aromatic carbocycles. The maximum absolute atomic E-state index is 14.4. The smallest absolute Gasteiger partial charge is 0.410 e. The summed E-state index contributed by atoms with van der Waals surface area (Å²) in [5.74, 6) is -0.980. The first-order valence-electron chi connectivity index (χ1n) is 9.04. The molecule has 1 amide bonds. The number of ether oxygens (including phenoxy) is 1. The third-order valence-corrected chi connectivity index (χ3v) is 5.38. The zero-order chi connectivity index (χ0) is 19.3. The first-order valence-corrected chi connectivity index (χ1v) is 9.04. The monoisotopic (exact) mass is 365 g/mol. The normalized spacial score (nSPS) is 27.2. The lowest BCUT2D eigenvalue weighted by atomic mass is 9.93. The number of fused-ring (bicyclic) bond motifs is 1. The fraction of sp³-hybridized carbons (Fsp3) is 0.600. The van der Waals surface area contributed by atoms with Gasteiger partial charge in [0.25, 0.3) is 0 Å². The highest BCUT2D eigenvalue weighted by atomic mass is 19.1. The zero-order valence-corrected chi connectivity index (χ0v) is 15.6. The molecule has 2 fully saturated rings. The van der Waals surface area contributed by atoms with Crippen LogP contribution in [0.15, 0.2) is 18.2 Å². The Morgan fingerprint density at radius 2 is 2.00 bits per heavy atom. The van der Waals surface area contributed by atoms with Crippen LogP contribution in [0.2, 0.25) is 0 Å². The predicted octanol–water partition coefficient (Wildman–Crippen LogP) is 4.21. The number of carbonyl (C=O) groups is 2. The number of nitrogens with zero attached hydrogens (tertiary/aromatic N) is 1. The molecule has 4 nitrogen and oxygen atoms in total. The van der Waals surface area contributed by atoms with Crippen molar-refractivity contribution < 1.29 is 23.1 Å². The van der Waals surface area contributed by atoms with E-state index in [0.29, 0.717) is 18.4 Å². The second-order valence-electron chi connectivity index (χ2n) is 8.36. The van der Waals surface area contributed by atoms with Gasteiger partial charge in [-0.2, -0.15) is 0 Å². The van der Waals surface area contributed by atoms with Gasteiger partial charge in [0.2, 0.25) is 0 Å². The molecule has 1 saturated heterocycles. The first kappa shape index (κ1) is 18.8. The van der Waals surface area contributed by atoms with Gasteiger partial charge in [-0.1, -0.05) is 6.92 Å². The second kappa shape index (κ2) is 6.32. The van der Waals surface area contributed by atoms with Gasteiger partial charge in [0.05, 0.1) is 0 Å². The third-order valence-electron chi connectivity index (χ3n) is 5.38. The van der Waals surface area contributed by atoms with Crippen LogP contribution in [0.3, 0.4) is 0 Å². The van der Waals surface area contributed by atoms with Crippen LogP contribution in [-0.4, -0.2) is 35.0 Å². The van der Waals surface area contributed by atoms with E-state index in [-0.39, 0.29) is 30.7 Å². The maximum Gasteiger partial charge on any atom is 0.410 e. The molecule has 26 heavy (non-hydrogen) atoms. The Balaban J connectivity index is 1.91. The van der Waals surface area contributed by atoms with E-state index < -0.39 is 28.7 Å².